The molecule has 0 bridgehead atoms. The van der Waals surface area contributed by atoms with Crippen LogP contribution in [0.5, 0.6) is 0 Å². The average molecular weight is 310 g/mol. The first-order valence-corrected chi connectivity index (χ1v) is 7.17. The summed E-state index contributed by atoms with van der Waals surface area (Å²) in [5, 5.41) is 23.4. The van der Waals surface area contributed by atoms with Gasteiger partial charge in [0.15, 0.2) is 5.56 Å². The Balaban J connectivity index is 2.24. The van der Waals surface area contributed by atoms with Gasteiger partial charge in [-0.15, -0.1) is 0 Å². The van der Waals surface area contributed by atoms with Crippen molar-refractivity contribution in [3.8, 4) is 6.07 Å². The second kappa shape index (κ2) is 7.38. The minimum atomic E-state index is -0.537. The zero-order valence-corrected chi connectivity index (χ0v) is 13.1. The van der Waals surface area contributed by atoms with Gasteiger partial charge in [-0.2, -0.15) is 5.26 Å². The standard InChI is InChI=1S/C17H18N4O2/c1-20(2)17(13-7-4-3-5-8-13)12-19-15-9-6-10-16(21(22)23)14(15)11-18/h3-10,17,19H,12H2,1-2H3/t17-/m0/s1. The van der Waals surface area contributed by atoms with Gasteiger partial charge in [0.25, 0.3) is 5.69 Å². The Morgan fingerprint density at radius 2 is 1.91 bits per heavy atom. The molecule has 23 heavy (non-hydrogen) atoms. The van der Waals surface area contributed by atoms with Gasteiger partial charge in [0, 0.05) is 12.6 Å². The Labute approximate surface area is 135 Å². The summed E-state index contributed by atoms with van der Waals surface area (Å²) in [5.41, 5.74) is 1.49. The predicted molar refractivity (Wildman–Crippen MR) is 89.2 cm³/mol. The summed E-state index contributed by atoms with van der Waals surface area (Å²) in [5.74, 6) is 0. The minimum Gasteiger partial charge on any atom is -0.382 e. The maximum atomic E-state index is 11.0. The maximum Gasteiger partial charge on any atom is 0.289 e. The van der Waals surface area contributed by atoms with Crippen molar-refractivity contribution in [2.24, 2.45) is 0 Å². The van der Waals surface area contributed by atoms with Crippen LogP contribution in [-0.4, -0.2) is 30.5 Å². The van der Waals surface area contributed by atoms with Crippen LogP contribution < -0.4 is 5.32 Å². The van der Waals surface area contributed by atoms with E-state index >= 15 is 0 Å². The van der Waals surface area contributed by atoms with Crippen LogP contribution in [0.4, 0.5) is 11.4 Å². The third kappa shape index (κ3) is 3.84. The normalized spacial score (nSPS) is 11.7. The van der Waals surface area contributed by atoms with Crippen LogP contribution in [0.3, 0.4) is 0 Å². The van der Waals surface area contributed by atoms with Crippen LogP contribution in [0.25, 0.3) is 0 Å². The first-order valence-electron chi connectivity index (χ1n) is 7.17. The molecule has 0 radical (unpaired) electrons. The number of benzene rings is 2. The summed E-state index contributed by atoms with van der Waals surface area (Å²) in [4.78, 5) is 12.5. The maximum absolute atomic E-state index is 11.0. The molecule has 0 heterocycles. The molecule has 0 fully saturated rings. The lowest BCUT2D eigenvalue weighted by Crippen LogP contribution is -2.27. The molecule has 118 valence electrons. The summed E-state index contributed by atoms with van der Waals surface area (Å²) in [6, 6.07) is 16.6. The fourth-order valence-corrected chi connectivity index (χ4v) is 2.44. The van der Waals surface area contributed by atoms with E-state index in [9.17, 15) is 15.4 Å². The number of nitriles is 1. The van der Waals surface area contributed by atoms with Crippen LogP contribution in [0.2, 0.25) is 0 Å². The van der Waals surface area contributed by atoms with E-state index in [0.717, 1.165) is 5.56 Å². The second-order valence-corrected chi connectivity index (χ2v) is 5.34. The Hall–Kier alpha value is -2.91. The molecule has 0 aliphatic carbocycles. The highest BCUT2D eigenvalue weighted by molar-refractivity contribution is 5.66. The van der Waals surface area contributed by atoms with Gasteiger partial charge in [-0.1, -0.05) is 36.4 Å². The monoisotopic (exact) mass is 310 g/mol. The Morgan fingerprint density at radius 1 is 1.22 bits per heavy atom. The Morgan fingerprint density at radius 3 is 2.48 bits per heavy atom. The van der Waals surface area contributed by atoms with E-state index in [2.05, 4.69) is 10.2 Å². The molecule has 0 aliphatic heterocycles. The fraction of sp³-hybridized carbons (Fsp3) is 0.235. The summed E-state index contributed by atoms with van der Waals surface area (Å²) < 4.78 is 0. The second-order valence-electron chi connectivity index (χ2n) is 5.34. The lowest BCUT2D eigenvalue weighted by Gasteiger charge is -2.25. The van der Waals surface area contributed by atoms with Gasteiger partial charge in [0.05, 0.1) is 16.7 Å². The molecular formula is C17H18N4O2. The highest BCUT2D eigenvalue weighted by Crippen LogP contribution is 2.26. The number of nitro groups is 1. The molecule has 6 nitrogen and oxygen atoms in total. The summed E-state index contributed by atoms with van der Waals surface area (Å²) in [7, 11) is 3.94. The first kappa shape index (κ1) is 16.5. The van der Waals surface area contributed by atoms with Crippen LogP contribution in [0.15, 0.2) is 48.5 Å². The van der Waals surface area contributed by atoms with Gasteiger partial charge >= 0.3 is 0 Å². The molecule has 0 unspecified atom stereocenters. The quantitative estimate of drug-likeness (QED) is 0.654. The number of rotatable bonds is 6. The predicted octanol–water partition coefficient (Wildman–Crippen LogP) is 3.18. The summed E-state index contributed by atoms with van der Waals surface area (Å²) in [6.07, 6.45) is 0. The number of hydrogen-bond acceptors (Lipinski definition) is 5. The van der Waals surface area contributed by atoms with Crippen LogP contribution >= 0.6 is 0 Å². The molecule has 0 amide bonds. The van der Waals surface area contributed by atoms with Crippen molar-refractivity contribution < 1.29 is 4.92 Å². The van der Waals surface area contributed by atoms with Gasteiger partial charge < -0.3 is 10.2 Å². The highest BCUT2D eigenvalue weighted by Gasteiger charge is 2.19. The SMILES string of the molecule is CN(C)[C@@H](CNc1cccc([N+](=O)[O-])c1C#N)c1ccccc1. The summed E-state index contributed by atoms with van der Waals surface area (Å²) >= 11 is 0. The van der Waals surface area contributed by atoms with Gasteiger partial charge in [0.1, 0.15) is 6.07 Å². The molecule has 2 aromatic carbocycles. The number of nitrogens with zero attached hydrogens (tertiary/aromatic N) is 3. The largest absolute Gasteiger partial charge is 0.382 e. The third-order valence-corrected chi connectivity index (χ3v) is 3.64. The first-order chi connectivity index (χ1) is 11.0. The molecule has 2 rings (SSSR count). The van der Waals surface area contributed by atoms with Crippen LogP contribution in [0, 0.1) is 21.4 Å². The number of nitrogens with one attached hydrogen (secondary N) is 1. The number of nitro benzene ring substituents is 1. The van der Waals surface area contributed by atoms with Crippen molar-refractivity contribution in [1.82, 2.24) is 4.90 Å². The van der Waals surface area contributed by atoms with E-state index in [1.807, 2.05) is 50.5 Å². The van der Waals surface area contributed by atoms with Gasteiger partial charge in [-0.05, 0) is 25.7 Å². The van der Waals surface area contributed by atoms with Crippen molar-refractivity contribution in [3.05, 3.63) is 69.8 Å². The number of anilines is 1. The molecule has 1 atom stereocenters. The van der Waals surface area contributed by atoms with E-state index in [1.54, 1.807) is 12.1 Å². The molecular weight excluding hydrogens is 292 g/mol. The van der Waals surface area contributed by atoms with Crippen LogP contribution in [-0.2, 0) is 0 Å². The van der Waals surface area contributed by atoms with Crippen molar-refractivity contribution in [2.45, 2.75) is 6.04 Å². The number of likely N-dealkylation sites (N-methyl/N-ethyl adjacent to an activating group) is 1. The average Bonchev–Trinajstić information content (AvgIpc) is 2.55. The van der Waals surface area contributed by atoms with E-state index in [4.69, 9.17) is 0 Å². The molecule has 1 N–H and O–H groups in total. The molecule has 0 aliphatic rings. The molecule has 0 spiro atoms. The topological polar surface area (TPSA) is 82.2 Å². The molecule has 0 saturated carbocycles. The zero-order chi connectivity index (χ0) is 16.8. The Kier molecular flexibility index (Phi) is 5.28. The van der Waals surface area contributed by atoms with Crippen molar-refractivity contribution in [3.63, 3.8) is 0 Å². The molecule has 2 aromatic rings. The van der Waals surface area contributed by atoms with E-state index < -0.39 is 4.92 Å². The third-order valence-electron chi connectivity index (χ3n) is 3.64. The molecule has 6 heteroatoms. The fourth-order valence-electron chi connectivity index (χ4n) is 2.44. The Bertz CT molecular complexity index is 723. The van der Waals surface area contributed by atoms with Crippen molar-refractivity contribution in [1.29, 1.82) is 5.26 Å². The minimum absolute atomic E-state index is 0.0584. The van der Waals surface area contributed by atoms with Gasteiger partial charge in [-0.3, -0.25) is 10.1 Å². The highest BCUT2D eigenvalue weighted by atomic mass is 16.6. The van der Waals surface area contributed by atoms with E-state index in [0.29, 0.717) is 12.2 Å². The lowest BCUT2D eigenvalue weighted by molar-refractivity contribution is -0.385. The van der Waals surface area contributed by atoms with Crippen molar-refractivity contribution in [2.75, 3.05) is 26.0 Å². The van der Waals surface area contributed by atoms with E-state index in [1.165, 1.54) is 6.07 Å². The molecule has 0 saturated heterocycles. The molecule has 0 aromatic heterocycles. The van der Waals surface area contributed by atoms with Gasteiger partial charge in [0.2, 0.25) is 0 Å². The lowest BCUT2D eigenvalue weighted by atomic mass is 10.1. The van der Waals surface area contributed by atoms with E-state index in [-0.39, 0.29) is 17.3 Å². The zero-order valence-electron chi connectivity index (χ0n) is 13.1. The van der Waals surface area contributed by atoms with Gasteiger partial charge in [-0.25, -0.2) is 0 Å². The summed E-state index contributed by atoms with van der Waals surface area (Å²) in [6.45, 7) is 0.535. The number of hydrogen-bond donors (Lipinski definition) is 1. The van der Waals surface area contributed by atoms with Crippen LogP contribution in [0.1, 0.15) is 17.2 Å². The van der Waals surface area contributed by atoms with Crippen molar-refractivity contribution >= 4 is 11.4 Å². The smallest absolute Gasteiger partial charge is 0.289 e.